The molecule has 0 saturated carbocycles. The molecular weight excluding hydrogens is 1860 g/mol. The van der Waals surface area contributed by atoms with Gasteiger partial charge in [-0.25, -0.2) is 27.6 Å². The summed E-state index contributed by atoms with van der Waals surface area (Å²) >= 11 is 4.48. The minimum Gasteiger partial charge on any atom is -0.366 e. The second-order valence-electron chi connectivity index (χ2n) is 44.5. The summed E-state index contributed by atoms with van der Waals surface area (Å²) in [6.07, 6.45) is 7.72. The molecule has 11 aliphatic rings. The molecule has 12 heterocycles. The summed E-state index contributed by atoms with van der Waals surface area (Å²) in [5, 5.41) is 3.40. The second-order valence-corrected chi connectivity index (χ2v) is 48.4. The molecule has 9 saturated heterocycles. The normalized spacial score (nSPS) is 22.6. The van der Waals surface area contributed by atoms with Crippen molar-refractivity contribution >= 4 is 122 Å². The third kappa shape index (κ3) is 24.7. The lowest BCUT2D eigenvalue weighted by atomic mass is 9.92. The molecule has 10 amide bonds. The number of piperidine rings is 3. The number of benzene rings is 6. The standard InChI is InChI=1S/C38H53FN6O3S.C37H51FN6O3S.C34H45FN6O3S.2H2/c1-26(2)41-21-23-43(24-22-41)34-29(10-8-11-30(34)39)36-45(20-16-38(3,4)5)35(47)32(49-36)25-33(46)42-17-14-28(15-18-42)44-19-13-27-9-6-7-12-31(27)40-37(44)48;1-25(2)40-19-21-42(22-20-40)33-28(10-8-11-29(33)38)35-43(18-15-37(3,4)5)34(46)31(48-35)23-32(45)41-16-13-27(14-17-41)44-24-26-9-6-7-12-30(26)39-36(44)47;1-34(2,3)14-17-40-31(43)28(45-32(40)24-8-7-9-25(35)30(24)39-20-18-37(4)19-21-39)22-29(42)38-15-12-23(13-16-38)41-27-11-6-5-10-26(27)36-33(41)44;;/h6-12,26,28,32,36H,13-25H2,1-5H3,(H,40,48);6-12,25,27,31,35H,13-24H2,1-5H3,(H,39,47);5-11,23,28,32H,12-22H2,1-4H3,(H,36,44);2*1H. The number of imidazole rings is 1. The molecule has 0 bridgehead atoms. The molecule has 6 unspecified atom stereocenters. The smallest absolute Gasteiger partial charge is 0.326 e. The topological polar surface area (TPSA) is 244 Å². The number of halogens is 3. The predicted molar refractivity (Wildman–Crippen MR) is 568 cm³/mol. The van der Waals surface area contributed by atoms with Gasteiger partial charge < -0.3 is 74.4 Å². The maximum atomic E-state index is 15.7. The van der Waals surface area contributed by atoms with Crippen molar-refractivity contribution in [1.82, 2.24) is 63.5 Å². The number of hydrogen-bond donors (Lipinski definition) is 3. The van der Waals surface area contributed by atoms with E-state index in [-0.39, 0.29) is 143 Å². The van der Waals surface area contributed by atoms with Gasteiger partial charge in [0.2, 0.25) is 35.4 Å². The van der Waals surface area contributed by atoms with Crippen molar-refractivity contribution in [2.24, 2.45) is 16.2 Å². The monoisotopic (exact) mass is 2010 g/mol. The molecule has 33 heteroatoms. The number of carbonyl (C=O) groups excluding carboxylic acids is 8. The van der Waals surface area contributed by atoms with E-state index in [2.05, 4.69) is 148 Å². The first-order chi connectivity index (χ1) is 67.8. The van der Waals surface area contributed by atoms with Gasteiger partial charge in [-0.1, -0.05) is 147 Å². The van der Waals surface area contributed by atoms with Crippen LogP contribution in [0.3, 0.4) is 0 Å². The van der Waals surface area contributed by atoms with Crippen LogP contribution in [-0.2, 0) is 41.7 Å². The molecule has 772 valence electrons. The van der Waals surface area contributed by atoms with Crippen LogP contribution in [-0.4, -0.2) is 302 Å². The lowest BCUT2D eigenvalue weighted by Crippen LogP contribution is -2.51. The van der Waals surface area contributed by atoms with Crippen LogP contribution in [0.15, 0.2) is 132 Å². The molecule has 1 aromatic heterocycles. The van der Waals surface area contributed by atoms with Crippen LogP contribution in [0.2, 0.25) is 0 Å². The Balaban J connectivity index is 0.000000170. The first-order valence-electron chi connectivity index (χ1n) is 51.8. The van der Waals surface area contributed by atoms with Crippen molar-refractivity contribution in [1.29, 1.82) is 0 Å². The van der Waals surface area contributed by atoms with E-state index in [1.807, 2.05) is 129 Å². The van der Waals surface area contributed by atoms with E-state index in [4.69, 9.17) is 0 Å². The minimum absolute atomic E-state index is 0. The molecule has 18 rings (SSSR count). The Labute approximate surface area is 852 Å². The number of carbonyl (C=O) groups is 8. The number of rotatable bonds is 23. The van der Waals surface area contributed by atoms with Crippen LogP contribution >= 0.6 is 35.3 Å². The Morgan fingerprint density at radius 3 is 1.12 bits per heavy atom. The van der Waals surface area contributed by atoms with E-state index in [0.29, 0.717) is 140 Å². The van der Waals surface area contributed by atoms with Crippen molar-refractivity contribution in [3.05, 3.63) is 183 Å². The number of urea groups is 2. The number of amides is 10. The number of aromatic amines is 1. The Bertz CT molecular complexity index is 5710. The molecule has 11 aliphatic heterocycles. The van der Waals surface area contributed by atoms with Crippen LogP contribution in [0.4, 0.5) is 51.2 Å². The Morgan fingerprint density at radius 1 is 0.394 bits per heavy atom. The van der Waals surface area contributed by atoms with E-state index in [1.54, 1.807) is 18.2 Å². The summed E-state index contributed by atoms with van der Waals surface area (Å²) in [5.74, 6) is -1.02. The Hall–Kier alpha value is -9.93. The maximum absolute atomic E-state index is 15.7. The fourth-order valence-corrected chi connectivity index (χ4v) is 26.4. The number of aromatic nitrogens is 2. The highest BCUT2D eigenvalue weighted by atomic mass is 32.2. The number of anilines is 5. The molecule has 142 heavy (non-hydrogen) atoms. The number of para-hydroxylation sites is 7. The second kappa shape index (κ2) is 45.4. The SMILES string of the molecule is CC(C)N1CCN(c2c(F)cccc2C2SC(CC(=O)N3CCC(N4CCc5ccccc5NC4=O)CC3)C(=O)N2CCC(C)(C)C)CC1.CC(C)N1CCN(c2c(F)cccc2C2SC(CC(=O)N3CCC(N4Cc5ccccc5NC4=O)CC3)C(=O)N2CCC(C)(C)C)CC1.CN1CCN(c2c(F)cccc2C2SC(CC(=O)N3CCC(n4c(=O)[nH]c5ccccc54)CC3)C(=O)N2CCC(C)(C)C)CC1.[HH].[HH]. The molecule has 6 atom stereocenters. The molecular formula is C109H153F3N18O9S3. The third-order valence-electron chi connectivity index (χ3n) is 30.5. The van der Waals surface area contributed by atoms with E-state index in [1.165, 1.54) is 53.5 Å². The van der Waals surface area contributed by atoms with Gasteiger partial charge in [0.25, 0.3) is 0 Å². The number of H-pyrrole nitrogens is 1. The molecule has 3 N–H and O–H groups in total. The van der Waals surface area contributed by atoms with Crippen LogP contribution in [0.25, 0.3) is 11.0 Å². The van der Waals surface area contributed by atoms with Gasteiger partial charge in [0.15, 0.2) is 0 Å². The summed E-state index contributed by atoms with van der Waals surface area (Å²) < 4.78 is 48.8. The van der Waals surface area contributed by atoms with Crippen LogP contribution in [0.5, 0.6) is 0 Å². The lowest BCUT2D eigenvalue weighted by Gasteiger charge is -2.40. The average molecular weight is 2010 g/mol. The first-order valence-corrected chi connectivity index (χ1v) is 54.6. The van der Waals surface area contributed by atoms with Crippen LogP contribution < -0.4 is 31.0 Å². The fraction of sp³-hybridized carbons (Fsp3) is 0.587. The minimum atomic E-state index is -0.529. The molecule has 0 radical (unpaired) electrons. The summed E-state index contributed by atoms with van der Waals surface area (Å²) in [5.41, 5.74) is 9.79. The van der Waals surface area contributed by atoms with Gasteiger partial charge in [0.05, 0.1) is 43.8 Å². The summed E-state index contributed by atoms with van der Waals surface area (Å²) in [7, 11) is 2.07. The molecule has 9 fully saturated rings. The van der Waals surface area contributed by atoms with Crippen molar-refractivity contribution < 1.29 is 54.4 Å². The summed E-state index contributed by atoms with van der Waals surface area (Å²) in [6, 6.07) is 40.0. The van der Waals surface area contributed by atoms with Crippen molar-refractivity contribution in [2.75, 3.05) is 176 Å². The number of nitrogens with one attached hydrogen (secondary N) is 3. The molecule has 0 aliphatic carbocycles. The zero-order chi connectivity index (χ0) is 101. The Kier molecular flexibility index (Phi) is 33.5. The highest BCUT2D eigenvalue weighted by molar-refractivity contribution is 8.01. The molecule has 6 aromatic carbocycles. The lowest BCUT2D eigenvalue weighted by molar-refractivity contribution is -0.137. The number of hydrogen-bond acceptors (Lipinski definition) is 18. The number of thioether (sulfide) groups is 3. The highest BCUT2D eigenvalue weighted by Gasteiger charge is 2.50. The average Bonchev–Trinajstić information content (AvgIpc) is 1.66. The third-order valence-corrected chi connectivity index (χ3v) is 34.9. The predicted octanol–water partition coefficient (Wildman–Crippen LogP) is 17.7. The summed E-state index contributed by atoms with van der Waals surface area (Å²) in [6.45, 7) is 43.8. The zero-order valence-corrected chi connectivity index (χ0v) is 88.1. The fourth-order valence-electron chi connectivity index (χ4n) is 21.9. The van der Waals surface area contributed by atoms with Gasteiger partial charge in [-0.05, 0) is 169 Å². The number of fused-ring (bicyclic) bond motifs is 3. The zero-order valence-electron chi connectivity index (χ0n) is 85.7. The van der Waals surface area contributed by atoms with Crippen molar-refractivity contribution in [2.45, 2.75) is 242 Å². The van der Waals surface area contributed by atoms with Gasteiger partial charge in [-0.15, -0.1) is 35.3 Å². The summed E-state index contributed by atoms with van der Waals surface area (Å²) in [4.78, 5) is 153. The number of likely N-dealkylation sites (tertiary alicyclic amines) is 3. The van der Waals surface area contributed by atoms with Gasteiger partial charge >= 0.3 is 17.8 Å². The van der Waals surface area contributed by atoms with E-state index >= 15 is 13.2 Å². The molecule has 0 spiro atoms. The number of nitrogens with zero attached hydrogens (tertiary/aromatic N) is 15. The largest absolute Gasteiger partial charge is 0.366 e. The van der Waals surface area contributed by atoms with Crippen LogP contribution in [0.1, 0.15) is 220 Å². The van der Waals surface area contributed by atoms with Gasteiger partial charge in [-0.3, -0.25) is 43.1 Å². The quantitative estimate of drug-likeness (QED) is 0.0539. The maximum Gasteiger partial charge on any atom is 0.326 e. The molecule has 27 nitrogen and oxygen atoms in total. The first kappa shape index (κ1) is 105. The van der Waals surface area contributed by atoms with Crippen molar-refractivity contribution in [3.8, 4) is 0 Å². The van der Waals surface area contributed by atoms with Gasteiger partial charge in [-0.2, -0.15) is 0 Å². The van der Waals surface area contributed by atoms with Crippen LogP contribution in [0, 0.1) is 33.7 Å². The Morgan fingerprint density at radius 2 is 0.732 bits per heavy atom. The number of likely N-dealkylation sites (N-methyl/N-ethyl adjacent to an activating group) is 1. The van der Waals surface area contributed by atoms with E-state index in [0.717, 1.165) is 154 Å². The molecule has 7 aromatic rings. The van der Waals surface area contributed by atoms with E-state index < -0.39 is 15.7 Å². The van der Waals surface area contributed by atoms with Gasteiger partial charge in [0.1, 0.15) is 33.6 Å². The van der Waals surface area contributed by atoms with E-state index in [9.17, 15) is 43.2 Å². The highest BCUT2D eigenvalue weighted by Crippen LogP contribution is 2.53. The van der Waals surface area contributed by atoms with Crippen molar-refractivity contribution in [3.63, 3.8) is 0 Å². The number of piperazine rings is 3. The van der Waals surface area contributed by atoms with Gasteiger partial charge in [0, 0.05) is 231 Å².